The highest BCUT2D eigenvalue weighted by Crippen LogP contribution is 2.33. The zero-order valence-corrected chi connectivity index (χ0v) is 12.5. The number of aromatic nitrogens is 2. The number of fused-ring (bicyclic) bond motifs is 1. The fraction of sp³-hybridized carbons (Fsp3) is 0.125. The number of nitrogens with one attached hydrogen (secondary N) is 1. The van der Waals surface area contributed by atoms with Gasteiger partial charge in [0.15, 0.2) is 11.6 Å². The van der Waals surface area contributed by atoms with Crippen LogP contribution in [0.4, 0.5) is 10.1 Å². The third-order valence-electron chi connectivity index (χ3n) is 3.52. The molecule has 0 bridgehead atoms. The van der Waals surface area contributed by atoms with Crippen molar-refractivity contribution < 1.29 is 9.18 Å². The van der Waals surface area contributed by atoms with Gasteiger partial charge in [-0.3, -0.25) is 4.79 Å². The van der Waals surface area contributed by atoms with Crippen LogP contribution in [-0.2, 0) is 0 Å². The zero-order chi connectivity index (χ0) is 15.9. The van der Waals surface area contributed by atoms with E-state index < -0.39 is 5.82 Å². The van der Waals surface area contributed by atoms with E-state index in [1.165, 1.54) is 0 Å². The number of ketones is 1. The molecule has 0 fully saturated rings. The van der Waals surface area contributed by atoms with E-state index in [0.717, 1.165) is 10.9 Å². The predicted octanol–water partition coefficient (Wildman–Crippen LogP) is 4.20. The minimum absolute atomic E-state index is 0.00670. The van der Waals surface area contributed by atoms with Crippen LogP contribution < -0.4 is 5.73 Å². The number of benzene rings is 1. The van der Waals surface area contributed by atoms with Gasteiger partial charge in [0.05, 0.1) is 10.7 Å². The highest BCUT2D eigenvalue weighted by molar-refractivity contribution is 6.36. The van der Waals surface area contributed by atoms with E-state index in [2.05, 4.69) is 9.97 Å². The summed E-state index contributed by atoms with van der Waals surface area (Å²) in [4.78, 5) is 19.1. The summed E-state index contributed by atoms with van der Waals surface area (Å²) in [7, 11) is 0. The Morgan fingerprint density at radius 1 is 1.41 bits per heavy atom. The number of nitrogens with two attached hydrogens (primary N) is 1. The Bertz CT molecular complexity index is 888. The lowest BCUT2D eigenvalue weighted by Gasteiger charge is -2.10. The Hall–Kier alpha value is -2.40. The van der Waals surface area contributed by atoms with Crippen molar-refractivity contribution in [2.24, 2.45) is 0 Å². The summed E-state index contributed by atoms with van der Waals surface area (Å²) in [5, 5.41) is 0.784. The summed E-state index contributed by atoms with van der Waals surface area (Å²) in [5.74, 6) is -0.992. The highest BCUT2D eigenvalue weighted by Gasteiger charge is 2.21. The second-order valence-electron chi connectivity index (χ2n) is 4.91. The van der Waals surface area contributed by atoms with Crippen molar-refractivity contribution in [1.82, 2.24) is 9.97 Å². The first-order chi connectivity index (χ1) is 10.5. The molecule has 22 heavy (non-hydrogen) atoms. The molecule has 3 N–H and O–H groups in total. The number of pyridine rings is 1. The average molecular weight is 318 g/mol. The Balaban J connectivity index is 2.25. The molecule has 112 valence electrons. The number of carbonyl (C=O) groups is 1. The summed E-state index contributed by atoms with van der Waals surface area (Å²) < 4.78 is 14.4. The van der Waals surface area contributed by atoms with Gasteiger partial charge < -0.3 is 10.7 Å². The van der Waals surface area contributed by atoms with E-state index in [1.54, 1.807) is 25.3 Å². The Morgan fingerprint density at radius 3 is 2.91 bits per heavy atom. The number of hydrogen-bond donors (Lipinski definition) is 2. The molecule has 0 atom stereocenters. The van der Waals surface area contributed by atoms with Gasteiger partial charge in [-0.15, -0.1) is 0 Å². The maximum absolute atomic E-state index is 14.4. The van der Waals surface area contributed by atoms with Crippen molar-refractivity contribution in [1.29, 1.82) is 0 Å². The number of halogens is 2. The third-order valence-corrected chi connectivity index (χ3v) is 3.91. The maximum Gasteiger partial charge on any atom is 0.182 e. The molecule has 0 amide bonds. The molecular weight excluding hydrogens is 305 g/mol. The summed E-state index contributed by atoms with van der Waals surface area (Å²) >= 11 is 5.96. The molecule has 0 saturated heterocycles. The maximum atomic E-state index is 14.4. The van der Waals surface area contributed by atoms with Crippen molar-refractivity contribution in [3.05, 3.63) is 47.0 Å². The molecular formula is C16H13ClFN3O. The number of hydrogen-bond acceptors (Lipinski definition) is 3. The molecule has 0 saturated carbocycles. The summed E-state index contributed by atoms with van der Waals surface area (Å²) in [5.41, 5.74) is 6.95. The van der Waals surface area contributed by atoms with Crippen molar-refractivity contribution >= 4 is 34.0 Å². The van der Waals surface area contributed by atoms with E-state index in [4.69, 9.17) is 17.3 Å². The van der Waals surface area contributed by atoms with Crippen LogP contribution in [0.3, 0.4) is 0 Å². The molecule has 0 aliphatic carbocycles. The fourth-order valence-electron chi connectivity index (χ4n) is 2.31. The molecule has 2 heterocycles. The number of aromatic amines is 1. The van der Waals surface area contributed by atoms with Gasteiger partial charge in [-0.2, -0.15) is 0 Å². The van der Waals surface area contributed by atoms with E-state index >= 15 is 0 Å². The van der Waals surface area contributed by atoms with Crippen molar-refractivity contribution in [3.8, 4) is 11.3 Å². The van der Waals surface area contributed by atoms with Gasteiger partial charge in [-0.05, 0) is 18.2 Å². The lowest BCUT2D eigenvalue weighted by atomic mass is 10.1. The molecule has 0 aliphatic heterocycles. The van der Waals surface area contributed by atoms with Gasteiger partial charge in [0.1, 0.15) is 11.4 Å². The molecule has 2 aromatic heterocycles. The Labute approximate surface area is 131 Å². The minimum Gasteiger partial charge on any atom is -0.395 e. The van der Waals surface area contributed by atoms with Crippen LogP contribution >= 0.6 is 11.6 Å². The standard InChI is InChI=1S/C16H13ClFN3O/c1-2-11(22)16-12(17)14(19)13(18)15(21-16)9-3-4-10-8(7-9)5-6-20-10/h3-7,20H,2H2,1H3,(H2,19,21). The van der Waals surface area contributed by atoms with Gasteiger partial charge in [-0.25, -0.2) is 9.37 Å². The van der Waals surface area contributed by atoms with Crippen LogP contribution in [0.1, 0.15) is 23.8 Å². The predicted molar refractivity (Wildman–Crippen MR) is 85.5 cm³/mol. The molecule has 3 aromatic rings. The SMILES string of the molecule is CCC(=O)c1nc(-c2ccc3[nH]ccc3c2)c(F)c(N)c1Cl. The van der Waals surface area contributed by atoms with Gasteiger partial charge >= 0.3 is 0 Å². The zero-order valence-electron chi connectivity index (χ0n) is 11.8. The summed E-state index contributed by atoms with van der Waals surface area (Å²) in [6, 6.07) is 7.19. The second-order valence-corrected chi connectivity index (χ2v) is 5.29. The van der Waals surface area contributed by atoms with E-state index in [1.807, 2.05) is 12.1 Å². The second kappa shape index (κ2) is 5.42. The minimum atomic E-state index is -0.715. The third kappa shape index (κ3) is 2.23. The number of carbonyl (C=O) groups excluding carboxylic acids is 1. The number of Topliss-reactive ketones (excluding diaryl/α,β-unsaturated/α-hetero) is 1. The largest absolute Gasteiger partial charge is 0.395 e. The topological polar surface area (TPSA) is 71.8 Å². The van der Waals surface area contributed by atoms with Gasteiger partial charge in [0.25, 0.3) is 0 Å². The molecule has 0 unspecified atom stereocenters. The highest BCUT2D eigenvalue weighted by atomic mass is 35.5. The number of anilines is 1. The monoisotopic (exact) mass is 317 g/mol. The summed E-state index contributed by atoms with van der Waals surface area (Å²) in [6.45, 7) is 1.69. The molecule has 1 aromatic carbocycles. The first kappa shape index (κ1) is 14.5. The van der Waals surface area contributed by atoms with Crippen LogP contribution in [0.5, 0.6) is 0 Å². The van der Waals surface area contributed by atoms with Crippen molar-refractivity contribution in [2.45, 2.75) is 13.3 Å². The van der Waals surface area contributed by atoms with Crippen LogP contribution in [0.15, 0.2) is 30.5 Å². The first-order valence-electron chi connectivity index (χ1n) is 6.78. The van der Waals surface area contributed by atoms with Crippen molar-refractivity contribution in [3.63, 3.8) is 0 Å². The quantitative estimate of drug-likeness (QED) is 0.711. The molecule has 3 rings (SSSR count). The smallest absolute Gasteiger partial charge is 0.182 e. The first-order valence-corrected chi connectivity index (χ1v) is 7.16. The molecule has 4 nitrogen and oxygen atoms in total. The van der Waals surface area contributed by atoms with Gasteiger partial charge in [-0.1, -0.05) is 24.6 Å². The molecule has 0 radical (unpaired) electrons. The van der Waals surface area contributed by atoms with E-state index in [9.17, 15) is 9.18 Å². The molecule has 0 spiro atoms. The summed E-state index contributed by atoms with van der Waals surface area (Å²) in [6.07, 6.45) is 2.01. The number of rotatable bonds is 3. The van der Waals surface area contributed by atoms with Crippen molar-refractivity contribution in [2.75, 3.05) is 5.73 Å². The van der Waals surface area contributed by atoms with Crippen LogP contribution in [-0.4, -0.2) is 15.8 Å². The van der Waals surface area contributed by atoms with Crippen LogP contribution in [0.2, 0.25) is 5.02 Å². The number of nitrogen functional groups attached to an aromatic ring is 1. The van der Waals surface area contributed by atoms with Crippen LogP contribution in [0, 0.1) is 5.82 Å². The number of nitrogens with zero attached hydrogens (tertiary/aromatic N) is 1. The normalized spacial score (nSPS) is 11.0. The van der Waals surface area contributed by atoms with E-state index in [-0.39, 0.29) is 34.3 Å². The lowest BCUT2D eigenvalue weighted by molar-refractivity contribution is 0.0983. The molecule has 6 heteroatoms. The Kier molecular flexibility index (Phi) is 3.58. The average Bonchev–Trinajstić information content (AvgIpc) is 2.99. The number of H-pyrrole nitrogens is 1. The fourth-order valence-corrected chi connectivity index (χ4v) is 2.54. The van der Waals surface area contributed by atoms with Crippen LogP contribution in [0.25, 0.3) is 22.2 Å². The molecule has 0 aliphatic rings. The lowest BCUT2D eigenvalue weighted by Crippen LogP contribution is -2.08. The van der Waals surface area contributed by atoms with Gasteiger partial charge in [0.2, 0.25) is 0 Å². The van der Waals surface area contributed by atoms with E-state index in [0.29, 0.717) is 5.56 Å². The Morgan fingerprint density at radius 2 is 2.18 bits per heavy atom. The van der Waals surface area contributed by atoms with Gasteiger partial charge in [0, 0.05) is 29.1 Å².